The molecule has 0 unspecified atom stereocenters. The first-order valence-electron chi connectivity index (χ1n) is 8.64. The summed E-state index contributed by atoms with van der Waals surface area (Å²) in [6.07, 6.45) is 3.42. The number of para-hydroxylation sites is 1. The number of benzene rings is 2. The molecule has 2 aromatic carbocycles. The maximum absolute atomic E-state index is 12.6. The topological polar surface area (TPSA) is 72.7 Å². The summed E-state index contributed by atoms with van der Waals surface area (Å²) in [5.74, 6) is -0.0597. The van der Waals surface area contributed by atoms with E-state index in [2.05, 4.69) is 33.0 Å². The number of hydrogen-bond acceptors (Lipinski definition) is 5. The zero-order valence-corrected chi connectivity index (χ0v) is 15.2. The van der Waals surface area contributed by atoms with E-state index < -0.39 is 0 Å². The van der Waals surface area contributed by atoms with Gasteiger partial charge in [0.25, 0.3) is 0 Å². The van der Waals surface area contributed by atoms with Crippen molar-refractivity contribution in [3.63, 3.8) is 0 Å². The van der Waals surface area contributed by atoms with Crippen molar-refractivity contribution >= 4 is 23.4 Å². The highest BCUT2D eigenvalue weighted by atomic mass is 32.2. The summed E-state index contributed by atoms with van der Waals surface area (Å²) < 4.78 is 1.64. The Morgan fingerprint density at radius 2 is 1.96 bits per heavy atom. The summed E-state index contributed by atoms with van der Waals surface area (Å²) in [6.45, 7) is 1.86. The van der Waals surface area contributed by atoms with Gasteiger partial charge in [-0.2, -0.15) is 4.68 Å². The van der Waals surface area contributed by atoms with E-state index in [1.165, 1.54) is 29.3 Å². The van der Waals surface area contributed by atoms with E-state index in [0.29, 0.717) is 5.16 Å². The van der Waals surface area contributed by atoms with Gasteiger partial charge >= 0.3 is 0 Å². The Kier molecular flexibility index (Phi) is 4.71. The molecule has 1 N–H and O–H groups in total. The molecule has 26 heavy (non-hydrogen) atoms. The molecular formula is C19H19N5OS. The molecule has 1 atom stereocenters. The zero-order chi connectivity index (χ0) is 17.9. The highest BCUT2D eigenvalue weighted by Gasteiger charge is 2.20. The van der Waals surface area contributed by atoms with E-state index in [0.717, 1.165) is 24.2 Å². The Hall–Kier alpha value is -2.67. The molecule has 0 radical (unpaired) electrons. The van der Waals surface area contributed by atoms with Crippen molar-refractivity contribution in [1.29, 1.82) is 0 Å². The quantitative estimate of drug-likeness (QED) is 0.703. The van der Waals surface area contributed by atoms with Crippen LogP contribution in [-0.2, 0) is 17.6 Å². The minimum atomic E-state index is -0.322. The summed E-state index contributed by atoms with van der Waals surface area (Å²) in [5.41, 5.74) is 4.46. The summed E-state index contributed by atoms with van der Waals surface area (Å²) >= 11 is 1.34. The number of nitrogens with zero attached hydrogens (tertiary/aromatic N) is 4. The Morgan fingerprint density at radius 3 is 2.81 bits per heavy atom. The Balaban J connectivity index is 1.45. The van der Waals surface area contributed by atoms with Crippen LogP contribution in [0, 0.1) is 0 Å². The number of rotatable bonds is 5. The molecule has 132 valence electrons. The number of carbonyl (C=O) groups is 1. The van der Waals surface area contributed by atoms with Gasteiger partial charge in [-0.3, -0.25) is 4.79 Å². The van der Waals surface area contributed by atoms with Crippen LogP contribution in [0.25, 0.3) is 5.69 Å². The molecule has 0 aliphatic heterocycles. The normalized spacial score (nSPS) is 14.0. The fourth-order valence-electron chi connectivity index (χ4n) is 3.09. The number of tetrazole rings is 1. The number of nitrogens with one attached hydrogen (secondary N) is 1. The van der Waals surface area contributed by atoms with Gasteiger partial charge in [0.05, 0.1) is 10.9 Å². The van der Waals surface area contributed by atoms with Crippen LogP contribution in [-0.4, -0.2) is 31.4 Å². The van der Waals surface area contributed by atoms with Crippen LogP contribution in [0.2, 0.25) is 0 Å². The number of amides is 1. The van der Waals surface area contributed by atoms with Crippen LogP contribution in [0.1, 0.15) is 24.5 Å². The maximum atomic E-state index is 12.6. The predicted molar refractivity (Wildman–Crippen MR) is 102 cm³/mol. The summed E-state index contributed by atoms with van der Waals surface area (Å²) in [7, 11) is 0. The standard InChI is InChI=1S/C19H19N5OS/c1-13(18(25)20-16-11-10-14-6-5-7-15(14)12-16)26-19-21-22-23-24(19)17-8-3-2-4-9-17/h2-4,8-13H,5-7H2,1H3,(H,20,25)/t13-/m0/s1. The molecule has 3 aromatic rings. The molecule has 1 aliphatic rings. The largest absolute Gasteiger partial charge is 0.325 e. The summed E-state index contributed by atoms with van der Waals surface area (Å²) in [4.78, 5) is 12.6. The summed E-state index contributed by atoms with van der Waals surface area (Å²) in [6, 6.07) is 15.8. The van der Waals surface area contributed by atoms with E-state index in [-0.39, 0.29) is 11.2 Å². The van der Waals surface area contributed by atoms with Gasteiger partial charge in [0.2, 0.25) is 11.1 Å². The molecule has 1 aliphatic carbocycles. The van der Waals surface area contributed by atoms with Crippen molar-refractivity contribution in [1.82, 2.24) is 20.2 Å². The average Bonchev–Trinajstić information content (AvgIpc) is 3.31. The van der Waals surface area contributed by atoms with E-state index in [9.17, 15) is 4.79 Å². The number of anilines is 1. The fraction of sp³-hybridized carbons (Fsp3) is 0.263. The molecule has 1 heterocycles. The smallest absolute Gasteiger partial charge is 0.237 e. The number of fused-ring (bicyclic) bond motifs is 1. The Morgan fingerprint density at radius 1 is 1.15 bits per heavy atom. The molecular weight excluding hydrogens is 346 g/mol. The number of aryl methyl sites for hydroxylation is 2. The summed E-state index contributed by atoms with van der Waals surface area (Å²) in [5, 5.41) is 15.1. The molecule has 0 spiro atoms. The molecule has 7 heteroatoms. The second kappa shape index (κ2) is 7.29. The Bertz CT molecular complexity index is 925. The first kappa shape index (κ1) is 16.8. The van der Waals surface area contributed by atoms with Gasteiger partial charge in [0.15, 0.2) is 0 Å². The first-order chi connectivity index (χ1) is 12.7. The molecule has 0 fully saturated rings. The maximum Gasteiger partial charge on any atom is 0.237 e. The molecule has 1 aromatic heterocycles. The third kappa shape index (κ3) is 3.48. The van der Waals surface area contributed by atoms with Crippen LogP contribution in [0.4, 0.5) is 5.69 Å². The zero-order valence-electron chi connectivity index (χ0n) is 14.4. The van der Waals surface area contributed by atoms with Crippen molar-refractivity contribution in [2.75, 3.05) is 5.32 Å². The van der Waals surface area contributed by atoms with Crippen molar-refractivity contribution in [3.05, 3.63) is 59.7 Å². The molecule has 0 saturated carbocycles. The minimum absolute atomic E-state index is 0.0597. The van der Waals surface area contributed by atoms with Crippen molar-refractivity contribution < 1.29 is 4.79 Å². The van der Waals surface area contributed by atoms with Gasteiger partial charge in [0.1, 0.15) is 0 Å². The minimum Gasteiger partial charge on any atom is -0.325 e. The molecule has 1 amide bonds. The van der Waals surface area contributed by atoms with Crippen molar-refractivity contribution in [3.8, 4) is 5.69 Å². The predicted octanol–water partition coefficient (Wildman–Crippen LogP) is 3.27. The van der Waals surface area contributed by atoms with E-state index in [1.807, 2.05) is 43.3 Å². The fourth-order valence-corrected chi connectivity index (χ4v) is 3.90. The van der Waals surface area contributed by atoms with Crippen molar-refractivity contribution in [2.45, 2.75) is 36.6 Å². The highest BCUT2D eigenvalue weighted by molar-refractivity contribution is 8.00. The van der Waals surface area contributed by atoms with E-state index in [1.54, 1.807) is 4.68 Å². The number of aromatic nitrogens is 4. The van der Waals surface area contributed by atoms with Gasteiger partial charge in [-0.05, 0) is 72.0 Å². The molecule has 0 bridgehead atoms. The van der Waals surface area contributed by atoms with Gasteiger partial charge in [-0.15, -0.1) is 5.10 Å². The first-order valence-corrected chi connectivity index (χ1v) is 9.52. The average molecular weight is 365 g/mol. The van der Waals surface area contributed by atoms with Crippen LogP contribution in [0.5, 0.6) is 0 Å². The third-order valence-electron chi connectivity index (χ3n) is 4.46. The lowest BCUT2D eigenvalue weighted by Gasteiger charge is -2.12. The van der Waals surface area contributed by atoms with Crippen molar-refractivity contribution in [2.24, 2.45) is 0 Å². The van der Waals surface area contributed by atoms with Crippen LogP contribution in [0.3, 0.4) is 0 Å². The van der Waals surface area contributed by atoms with Gasteiger partial charge in [-0.1, -0.05) is 36.0 Å². The van der Waals surface area contributed by atoms with Gasteiger partial charge in [0, 0.05) is 5.69 Å². The highest BCUT2D eigenvalue weighted by Crippen LogP contribution is 2.27. The third-order valence-corrected chi connectivity index (χ3v) is 5.49. The Labute approximate surface area is 156 Å². The monoisotopic (exact) mass is 365 g/mol. The van der Waals surface area contributed by atoms with Crippen LogP contribution >= 0.6 is 11.8 Å². The lowest BCUT2D eigenvalue weighted by Crippen LogP contribution is -2.23. The van der Waals surface area contributed by atoms with Crippen LogP contribution < -0.4 is 5.32 Å². The molecule has 6 nitrogen and oxygen atoms in total. The number of thioether (sulfide) groups is 1. The lowest BCUT2D eigenvalue weighted by atomic mass is 10.1. The lowest BCUT2D eigenvalue weighted by molar-refractivity contribution is -0.115. The van der Waals surface area contributed by atoms with E-state index in [4.69, 9.17) is 0 Å². The van der Waals surface area contributed by atoms with E-state index >= 15 is 0 Å². The van der Waals surface area contributed by atoms with Crippen LogP contribution in [0.15, 0.2) is 53.7 Å². The van der Waals surface area contributed by atoms with Gasteiger partial charge < -0.3 is 5.32 Å². The number of carbonyl (C=O) groups excluding carboxylic acids is 1. The SMILES string of the molecule is C[C@H](Sc1nnnn1-c1ccccc1)C(=O)Nc1ccc2c(c1)CCC2. The second-order valence-electron chi connectivity index (χ2n) is 6.30. The van der Waals surface area contributed by atoms with Gasteiger partial charge in [-0.25, -0.2) is 0 Å². The number of hydrogen-bond donors (Lipinski definition) is 1. The molecule has 0 saturated heterocycles. The molecule has 4 rings (SSSR count). The second-order valence-corrected chi connectivity index (χ2v) is 7.60.